The molecular formula is C23H31N3O4S. The lowest BCUT2D eigenvalue weighted by molar-refractivity contribution is -0.122. The highest BCUT2D eigenvalue weighted by atomic mass is 32.2. The second kappa shape index (κ2) is 11.3. The molecule has 2 aromatic carbocycles. The van der Waals surface area contributed by atoms with Gasteiger partial charge in [0.1, 0.15) is 5.75 Å². The second-order valence-corrected chi connectivity index (χ2v) is 9.83. The molecule has 0 atom stereocenters. The predicted molar refractivity (Wildman–Crippen MR) is 122 cm³/mol. The summed E-state index contributed by atoms with van der Waals surface area (Å²) in [5, 5.41) is 2.63. The average molecular weight is 446 g/mol. The number of hydrogen-bond donors (Lipinski definition) is 1. The molecule has 1 amide bonds. The number of aryl methyl sites for hydroxylation is 1. The molecular weight excluding hydrogens is 414 g/mol. The van der Waals surface area contributed by atoms with Crippen molar-refractivity contribution in [2.45, 2.75) is 13.3 Å². The number of sulfonamides is 1. The minimum Gasteiger partial charge on any atom is -0.484 e. The molecule has 1 saturated heterocycles. The molecule has 0 saturated carbocycles. The molecule has 1 N–H and O–H groups in total. The van der Waals surface area contributed by atoms with E-state index in [1.807, 2.05) is 37.3 Å². The van der Waals surface area contributed by atoms with Gasteiger partial charge in [0, 0.05) is 39.3 Å². The molecule has 0 bridgehead atoms. The van der Waals surface area contributed by atoms with Crippen molar-refractivity contribution >= 4 is 15.9 Å². The number of carbonyl (C=O) groups excluding carboxylic acids is 1. The molecule has 168 valence electrons. The lowest BCUT2D eigenvalue weighted by atomic mass is 10.1. The van der Waals surface area contributed by atoms with E-state index in [0.717, 1.165) is 31.6 Å². The summed E-state index contributed by atoms with van der Waals surface area (Å²) >= 11 is 0. The van der Waals surface area contributed by atoms with E-state index in [9.17, 15) is 13.2 Å². The van der Waals surface area contributed by atoms with Gasteiger partial charge in [0.2, 0.25) is 10.0 Å². The van der Waals surface area contributed by atoms with Crippen molar-refractivity contribution in [2.24, 2.45) is 0 Å². The molecule has 0 aliphatic carbocycles. The normalized spacial score (nSPS) is 15.5. The van der Waals surface area contributed by atoms with Gasteiger partial charge < -0.3 is 15.0 Å². The summed E-state index contributed by atoms with van der Waals surface area (Å²) in [6, 6.07) is 17.7. The third kappa shape index (κ3) is 7.65. The number of benzene rings is 2. The molecule has 0 aromatic heterocycles. The molecule has 0 unspecified atom stereocenters. The van der Waals surface area contributed by atoms with Crippen LogP contribution in [-0.4, -0.2) is 75.2 Å². The number of ether oxygens (including phenoxy) is 1. The first-order chi connectivity index (χ1) is 14.9. The van der Waals surface area contributed by atoms with Crippen LogP contribution in [-0.2, 0) is 21.2 Å². The van der Waals surface area contributed by atoms with Gasteiger partial charge in [0.05, 0.1) is 5.75 Å². The van der Waals surface area contributed by atoms with Crippen LogP contribution in [0.3, 0.4) is 0 Å². The van der Waals surface area contributed by atoms with Crippen molar-refractivity contribution < 1.29 is 17.9 Å². The zero-order valence-electron chi connectivity index (χ0n) is 18.0. The van der Waals surface area contributed by atoms with E-state index in [1.54, 1.807) is 12.1 Å². The maximum atomic E-state index is 12.6. The maximum absolute atomic E-state index is 12.6. The Bertz CT molecular complexity index is 925. The minimum atomic E-state index is -3.39. The Hall–Kier alpha value is -2.42. The van der Waals surface area contributed by atoms with Crippen LogP contribution < -0.4 is 10.1 Å². The van der Waals surface area contributed by atoms with Crippen molar-refractivity contribution in [1.82, 2.24) is 14.5 Å². The summed E-state index contributed by atoms with van der Waals surface area (Å²) in [6.45, 7) is 5.27. The Kier molecular flexibility index (Phi) is 8.45. The monoisotopic (exact) mass is 445 g/mol. The first kappa shape index (κ1) is 23.2. The topological polar surface area (TPSA) is 78.9 Å². The zero-order chi connectivity index (χ0) is 22.1. The Morgan fingerprint density at radius 3 is 2.35 bits per heavy atom. The van der Waals surface area contributed by atoms with E-state index < -0.39 is 10.0 Å². The average Bonchev–Trinajstić information content (AvgIpc) is 2.78. The van der Waals surface area contributed by atoms with Crippen LogP contribution in [0.5, 0.6) is 5.75 Å². The Labute approximate surface area is 185 Å². The third-order valence-electron chi connectivity index (χ3n) is 5.36. The molecule has 8 heteroatoms. The van der Waals surface area contributed by atoms with Gasteiger partial charge in [-0.3, -0.25) is 4.79 Å². The van der Waals surface area contributed by atoms with Crippen LogP contribution in [0.15, 0.2) is 54.6 Å². The predicted octanol–water partition coefficient (Wildman–Crippen LogP) is 1.68. The molecule has 1 aliphatic heterocycles. The van der Waals surface area contributed by atoms with E-state index in [0.29, 0.717) is 18.8 Å². The van der Waals surface area contributed by atoms with Crippen LogP contribution in [0.1, 0.15) is 11.1 Å². The van der Waals surface area contributed by atoms with Gasteiger partial charge >= 0.3 is 0 Å². The van der Waals surface area contributed by atoms with Crippen LogP contribution in [0.2, 0.25) is 0 Å². The molecule has 1 heterocycles. The number of nitrogens with zero attached hydrogens (tertiary/aromatic N) is 2. The van der Waals surface area contributed by atoms with Crippen molar-refractivity contribution in [1.29, 1.82) is 0 Å². The molecule has 7 nitrogen and oxygen atoms in total. The number of carbonyl (C=O) groups is 1. The van der Waals surface area contributed by atoms with Gasteiger partial charge in [-0.15, -0.1) is 0 Å². The molecule has 1 fully saturated rings. The molecule has 31 heavy (non-hydrogen) atoms. The smallest absolute Gasteiger partial charge is 0.257 e. The summed E-state index contributed by atoms with van der Waals surface area (Å²) in [4.78, 5) is 14.2. The van der Waals surface area contributed by atoms with Crippen molar-refractivity contribution in [3.63, 3.8) is 0 Å². The first-order valence-electron chi connectivity index (χ1n) is 10.6. The Balaban J connectivity index is 1.33. The Morgan fingerprint density at radius 2 is 1.68 bits per heavy atom. The van der Waals surface area contributed by atoms with Crippen LogP contribution in [0.25, 0.3) is 0 Å². The summed E-state index contributed by atoms with van der Waals surface area (Å²) in [7, 11) is -3.39. The van der Waals surface area contributed by atoms with E-state index in [4.69, 9.17) is 4.74 Å². The highest BCUT2D eigenvalue weighted by molar-refractivity contribution is 7.89. The molecule has 2 aromatic rings. The lowest BCUT2D eigenvalue weighted by Crippen LogP contribution is -2.50. The van der Waals surface area contributed by atoms with Crippen LogP contribution >= 0.6 is 0 Å². The first-order valence-corrected chi connectivity index (χ1v) is 12.2. The van der Waals surface area contributed by atoms with Gasteiger partial charge in [-0.1, -0.05) is 48.0 Å². The number of amides is 1. The van der Waals surface area contributed by atoms with Gasteiger partial charge in [-0.2, -0.15) is 4.31 Å². The SMILES string of the molecule is Cc1ccc(OCC(=O)NCCS(=O)(=O)N2CCN(CCc3ccccc3)CC2)cc1. The van der Waals surface area contributed by atoms with Crippen LogP contribution in [0, 0.1) is 6.92 Å². The molecule has 1 aliphatic rings. The van der Waals surface area contributed by atoms with E-state index in [2.05, 4.69) is 22.3 Å². The van der Waals surface area contributed by atoms with E-state index in [-0.39, 0.29) is 24.8 Å². The fraction of sp³-hybridized carbons (Fsp3) is 0.435. The summed E-state index contributed by atoms with van der Waals surface area (Å²) in [5.41, 5.74) is 2.40. The van der Waals surface area contributed by atoms with E-state index >= 15 is 0 Å². The van der Waals surface area contributed by atoms with Crippen molar-refractivity contribution in [3.8, 4) is 5.75 Å². The van der Waals surface area contributed by atoms with Gasteiger partial charge in [0.15, 0.2) is 6.61 Å². The highest BCUT2D eigenvalue weighted by Gasteiger charge is 2.26. The largest absolute Gasteiger partial charge is 0.484 e. The second-order valence-electron chi connectivity index (χ2n) is 7.74. The zero-order valence-corrected chi connectivity index (χ0v) is 18.8. The van der Waals surface area contributed by atoms with E-state index in [1.165, 1.54) is 9.87 Å². The van der Waals surface area contributed by atoms with Gasteiger partial charge in [0.25, 0.3) is 5.91 Å². The number of hydrogen-bond acceptors (Lipinski definition) is 5. The van der Waals surface area contributed by atoms with Gasteiger partial charge in [-0.05, 0) is 31.0 Å². The lowest BCUT2D eigenvalue weighted by Gasteiger charge is -2.34. The molecule has 0 radical (unpaired) electrons. The van der Waals surface area contributed by atoms with Crippen molar-refractivity contribution in [2.75, 3.05) is 51.6 Å². The number of piperazine rings is 1. The molecule has 0 spiro atoms. The summed E-state index contributed by atoms with van der Waals surface area (Å²) in [6.07, 6.45) is 0.963. The van der Waals surface area contributed by atoms with Crippen molar-refractivity contribution in [3.05, 3.63) is 65.7 Å². The summed E-state index contributed by atoms with van der Waals surface area (Å²) < 4.78 is 32.1. The third-order valence-corrected chi connectivity index (χ3v) is 7.23. The van der Waals surface area contributed by atoms with Gasteiger partial charge in [-0.25, -0.2) is 8.42 Å². The fourth-order valence-electron chi connectivity index (χ4n) is 3.45. The summed E-state index contributed by atoms with van der Waals surface area (Å²) in [5.74, 6) is 0.174. The quantitative estimate of drug-likeness (QED) is 0.602. The molecule has 3 rings (SSSR count). The maximum Gasteiger partial charge on any atom is 0.257 e. The minimum absolute atomic E-state index is 0.0760. The standard InChI is InChI=1S/C23H31N3O4S/c1-20-7-9-22(10-8-20)30-19-23(27)24-12-18-31(28,29)26-16-14-25(15-17-26)13-11-21-5-3-2-4-6-21/h2-10H,11-19H2,1H3,(H,24,27). The van der Waals surface area contributed by atoms with Crippen LogP contribution in [0.4, 0.5) is 0 Å². The fourth-order valence-corrected chi connectivity index (χ4v) is 4.78. The Morgan fingerprint density at radius 1 is 1.00 bits per heavy atom. The number of nitrogens with one attached hydrogen (secondary N) is 1. The highest BCUT2D eigenvalue weighted by Crippen LogP contribution is 2.11. The number of rotatable bonds is 10.